The average molecular weight is 294 g/mol. The van der Waals surface area contributed by atoms with Gasteiger partial charge in [-0.15, -0.1) is 0 Å². The molecule has 1 aromatic carbocycles. The summed E-state index contributed by atoms with van der Waals surface area (Å²) in [7, 11) is 0. The number of hydrogen-bond acceptors (Lipinski definition) is 1. The standard InChI is InChI=1S/C15H20BrN/c1-11-9-14-12(5-4-8-15(14)16)10-17(11)13-6-2-3-7-13/h4-5,8,11,13H,2-3,6-7,9-10H2,1H3. The van der Waals surface area contributed by atoms with Gasteiger partial charge in [0.15, 0.2) is 0 Å². The van der Waals surface area contributed by atoms with E-state index in [0.717, 1.165) is 12.6 Å². The molecule has 0 spiro atoms. The van der Waals surface area contributed by atoms with Crippen LogP contribution in [0.25, 0.3) is 0 Å². The summed E-state index contributed by atoms with van der Waals surface area (Å²) < 4.78 is 1.30. The smallest absolute Gasteiger partial charge is 0.0242 e. The van der Waals surface area contributed by atoms with Crippen LogP contribution in [0, 0.1) is 0 Å². The number of fused-ring (bicyclic) bond motifs is 1. The van der Waals surface area contributed by atoms with Crippen LogP contribution in [0.4, 0.5) is 0 Å². The highest BCUT2D eigenvalue weighted by atomic mass is 79.9. The van der Waals surface area contributed by atoms with Gasteiger partial charge in [0.2, 0.25) is 0 Å². The monoisotopic (exact) mass is 293 g/mol. The Hall–Kier alpha value is -0.340. The van der Waals surface area contributed by atoms with E-state index in [1.807, 2.05) is 0 Å². The van der Waals surface area contributed by atoms with Gasteiger partial charge in [0.1, 0.15) is 0 Å². The van der Waals surface area contributed by atoms with E-state index >= 15 is 0 Å². The zero-order valence-corrected chi connectivity index (χ0v) is 12.0. The fourth-order valence-electron chi connectivity index (χ4n) is 3.47. The highest BCUT2D eigenvalue weighted by molar-refractivity contribution is 9.10. The van der Waals surface area contributed by atoms with Gasteiger partial charge in [-0.2, -0.15) is 0 Å². The van der Waals surface area contributed by atoms with Crippen molar-refractivity contribution in [2.45, 2.75) is 57.7 Å². The molecule has 1 atom stereocenters. The second-order valence-electron chi connectivity index (χ2n) is 5.54. The first-order valence-corrected chi connectivity index (χ1v) is 7.57. The summed E-state index contributed by atoms with van der Waals surface area (Å²) in [4.78, 5) is 2.74. The van der Waals surface area contributed by atoms with Crippen LogP contribution >= 0.6 is 15.9 Å². The maximum absolute atomic E-state index is 3.69. The zero-order valence-electron chi connectivity index (χ0n) is 10.5. The lowest BCUT2D eigenvalue weighted by Gasteiger charge is -2.39. The van der Waals surface area contributed by atoms with Gasteiger partial charge in [-0.25, -0.2) is 0 Å². The highest BCUT2D eigenvalue weighted by Gasteiger charge is 2.30. The van der Waals surface area contributed by atoms with E-state index in [1.165, 1.54) is 47.7 Å². The van der Waals surface area contributed by atoms with Crippen molar-refractivity contribution in [2.75, 3.05) is 0 Å². The molecule has 3 rings (SSSR count). The van der Waals surface area contributed by atoms with Crippen LogP contribution in [0.3, 0.4) is 0 Å². The molecule has 1 aliphatic carbocycles. The lowest BCUT2D eigenvalue weighted by atomic mass is 9.93. The van der Waals surface area contributed by atoms with E-state index in [-0.39, 0.29) is 0 Å². The Morgan fingerprint density at radius 1 is 1.24 bits per heavy atom. The largest absolute Gasteiger partial charge is 0.293 e. The lowest BCUT2D eigenvalue weighted by molar-refractivity contribution is 0.123. The SMILES string of the molecule is CC1Cc2c(Br)cccc2CN1C1CCCC1. The van der Waals surface area contributed by atoms with Gasteiger partial charge in [-0.1, -0.05) is 40.9 Å². The van der Waals surface area contributed by atoms with E-state index in [9.17, 15) is 0 Å². The second kappa shape index (κ2) is 4.74. The van der Waals surface area contributed by atoms with Crippen LogP contribution in [-0.2, 0) is 13.0 Å². The third-order valence-electron chi connectivity index (χ3n) is 4.43. The van der Waals surface area contributed by atoms with E-state index in [4.69, 9.17) is 0 Å². The fourth-order valence-corrected chi connectivity index (χ4v) is 4.04. The van der Waals surface area contributed by atoms with E-state index < -0.39 is 0 Å². The summed E-state index contributed by atoms with van der Waals surface area (Å²) in [6.45, 7) is 3.54. The number of rotatable bonds is 1. The van der Waals surface area contributed by atoms with Crippen LogP contribution in [0.2, 0.25) is 0 Å². The van der Waals surface area contributed by atoms with Crippen LogP contribution in [0.5, 0.6) is 0 Å². The Morgan fingerprint density at radius 3 is 2.76 bits per heavy atom. The third kappa shape index (κ3) is 2.17. The molecule has 1 aromatic rings. The first-order valence-electron chi connectivity index (χ1n) is 6.77. The maximum atomic E-state index is 3.69. The molecule has 0 amide bonds. The van der Waals surface area contributed by atoms with Crippen LogP contribution in [0.1, 0.15) is 43.7 Å². The molecule has 0 saturated heterocycles. The third-order valence-corrected chi connectivity index (χ3v) is 5.17. The van der Waals surface area contributed by atoms with Gasteiger partial charge in [0.05, 0.1) is 0 Å². The molecule has 92 valence electrons. The molecule has 1 nitrogen and oxygen atoms in total. The molecule has 17 heavy (non-hydrogen) atoms. The quantitative estimate of drug-likeness (QED) is 0.752. The number of hydrogen-bond donors (Lipinski definition) is 0. The van der Waals surface area contributed by atoms with E-state index in [0.29, 0.717) is 6.04 Å². The van der Waals surface area contributed by atoms with Crippen LogP contribution in [-0.4, -0.2) is 17.0 Å². The topological polar surface area (TPSA) is 3.24 Å². The molecule has 1 saturated carbocycles. The highest BCUT2D eigenvalue weighted by Crippen LogP contribution is 2.34. The summed E-state index contributed by atoms with van der Waals surface area (Å²) in [5.74, 6) is 0. The number of halogens is 1. The summed E-state index contributed by atoms with van der Waals surface area (Å²) in [5.41, 5.74) is 3.07. The molecule has 1 aliphatic heterocycles. The van der Waals surface area contributed by atoms with Crippen molar-refractivity contribution in [3.05, 3.63) is 33.8 Å². The Kier molecular flexibility index (Phi) is 3.27. The number of nitrogens with zero attached hydrogens (tertiary/aromatic N) is 1. The minimum atomic E-state index is 0.698. The van der Waals surface area contributed by atoms with Crippen molar-refractivity contribution >= 4 is 15.9 Å². The molecule has 1 heterocycles. The predicted octanol–water partition coefficient (Wildman–Crippen LogP) is 4.14. The molecule has 1 fully saturated rings. The van der Waals surface area contributed by atoms with E-state index in [1.54, 1.807) is 0 Å². The van der Waals surface area contributed by atoms with Crippen molar-refractivity contribution in [1.82, 2.24) is 4.90 Å². The average Bonchev–Trinajstić information content (AvgIpc) is 2.83. The van der Waals surface area contributed by atoms with Gasteiger partial charge in [-0.3, -0.25) is 4.90 Å². The molecule has 0 bridgehead atoms. The van der Waals surface area contributed by atoms with E-state index in [2.05, 4.69) is 46.0 Å². The fraction of sp³-hybridized carbons (Fsp3) is 0.600. The lowest BCUT2D eigenvalue weighted by Crippen LogP contribution is -2.44. The summed E-state index contributed by atoms with van der Waals surface area (Å²) in [6.07, 6.45) is 6.88. The van der Waals surface area contributed by atoms with Crippen molar-refractivity contribution in [3.8, 4) is 0 Å². The first-order chi connectivity index (χ1) is 8.25. The number of benzene rings is 1. The Labute approximate surface area is 112 Å². The molecule has 0 N–H and O–H groups in total. The molecule has 0 aromatic heterocycles. The Balaban J connectivity index is 1.87. The van der Waals surface area contributed by atoms with Crippen LogP contribution in [0.15, 0.2) is 22.7 Å². The van der Waals surface area contributed by atoms with Crippen molar-refractivity contribution < 1.29 is 0 Å². The van der Waals surface area contributed by atoms with Crippen LogP contribution < -0.4 is 0 Å². The second-order valence-corrected chi connectivity index (χ2v) is 6.40. The summed E-state index contributed by atoms with van der Waals surface area (Å²) >= 11 is 3.69. The molecular formula is C15H20BrN. The molecule has 1 unspecified atom stereocenters. The minimum absolute atomic E-state index is 0.698. The molecule has 2 heteroatoms. The molecule has 2 aliphatic rings. The minimum Gasteiger partial charge on any atom is -0.293 e. The van der Waals surface area contributed by atoms with Gasteiger partial charge >= 0.3 is 0 Å². The van der Waals surface area contributed by atoms with Gasteiger partial charge in [0, 0.05) is 23.1 Å². The zero-order chi connectivity index (χ0) is 11.8. The van der Waals surface area contributed by atoms with Gasteiger partial charge < -0.3 is 0 Å². The van der Waals surface area contributed by atoms with Gasteiger partial charge in [0.25, 0.3) is 0 Å². The van der Waals surface area contributed by atoms with Crippen molar-refractivity contribution in [1.29, 1.82) is 0 Å². The van der Waals surface area contributed by atoms with Crippen molar-refractivity contribution in [2.24, 2.45) is 0 Å². The summed E-state index contributed by atoms with van der Waals surface area (Å²) in [5, 5.41) is 0. The van der Waals surface area contributed by atoms with Crippen molar-refractivity contribution in [3.63, 3.8) is 0 Å². The van der Waals surface area contributed by atoms with Gasteiger partial charge in [-0.05, 0) is 43.4 Å². The molecule has 0 radical (unpaired) electrons. The normalized spacial score (nSPS) is 26.1. The maximum Gasteiger partial charge on any atom is 0.0242 e. The Bertz CT molecular complexity index is 409. The predicted molar refractivity (Wildman–Crippen MR) is 75.1 cm³/mol. The first kappa shape index (κ1) is 11.7. The summed E-state index contributed by atoms with van der Waals surface area (Å²) in [6, 6.07) is 8.19. The Morgan fingerprint density at radius 2 is 2.00 bits per heavy atom. The molecular weight excluding hydrogens is 274 g/mol.